The number of hydrogen-bond donors (Lipinski definition) is 1. The molecule has 3 heterocycles. The van der Waals surface area contributed by atoms with E-state index in [1.165, 1.54) is 0 Å². The number of carbonyl (C=O) groups excluding carboxylic acids is 1. The Kier molecular flexibility index (Phi) is 4.71. The third-order valence-electron chi connectivity index (χ3n) is 4.72. The lowest BCUT2D eigenvalue weighted by Gasteiger charge is -2.18. The quantitative estimate of drug-likeness (QED) is 0.897. The zero-order valence-electron chi connectivity index (χ0n) is 14.6. The highest BCUT2D eigenvalue weighted by Gasteiger charge is 2.31. The molecule has 0 unspecified atom stereocenters. The van der Waals surface area contributed by atoms with E-state index in [9.17, 15) is 4.79 Å². The molecule has 2 atom stereocenters. The molecule has 1 saturated heterocycles. The van der Waals surface area contributed by atoms with Crippen LogP contribution in [0.1, 0.15) is 28.4 Å². The second-order valence-electron chi connectivity index (χ2n) is 6.56. The van der Waals surface area contributed by atoms with Crippen molar-refractivity contribution >= 4 is 5.91 Å². The molecule has 1 amide bonds. The first kappa shape index (κ1) is 16.7. The highest BCUT2D eigenvalue weighted by molar-refractivity contribution is 5.76. The van der Waals surface area contributed by atoms with Crippen LogP contribution in [0.4, 0.5) is 0 Å². The Bertz CT molecular complexity index is 734. The maximum absolute atomic E-state index is 12.4. The zero-order chi connectivity index (χ0) is 17.3. The summed E-state index contributed by atoms with van der Waals surface area (Å²) in [5, 5.41) is 11.4. The lowest BCUT2D eigenvalue weighted by Crippen LogP contribution is -2.42. The molecule has 2 aromatic heterocycles. The number of carbonyl (C=O) groups is 1. The molecule has 0 aromatic carbocycles. The summed E-state index contributed by atoms with van der Waals surface area (Å²) in [4.78, 5) is 12.4. The van der Waals surface area contributed by atoms with Gasteiger partial charge in [0.2, 0.25) is 5.91 Å². The Morgan fingerprint density at radius 1 is 1.33 bits per heavy atom. The van der Waals surface area contributed by atoms with Crippen molar-refractivity contribution in [3.8, 4) is 0 Å². The van der Waals surface area contributed by atoms with E-state index in [4.69, 9.17) is 9.26 Å². The second-order valence-corrected chi connectivity index (χ2v) is 6.56. The van der Waals surface area contributed by atoms with Crippen LogP contribution < -0.4 is 5.32 Å². The van der Waals surface area contributed by atoms with Crippen LogP contribution in [0.25, 0.3) is 0 Å². The van der Waals surface area contributed by atoms with E-state index in [2.05, 4.69) is 15.6 Å². The molecule has 3 rings (SSSR count). The van der Waals surface area contributed by atoms with Gasteiger partial charge in [-0.2, -0.15) is 5.10 Å². The monoisotopic (exact) mass is 332 g/mol. The molecule has 1 aliphatic rings. The standard InChI is InChI=1S/C17H24N4O3/c1-10-5-15(24-20-10)6-14-8-23-9-16(14)18-17(22)7-21-13(4)11(2)12(3)19-21/h5,14,16H,6-9H2,1-4H3,(H,18,22)/t14-,16+/m0/s1. The molecule has 0 bridgehead atoms. The van der Waals surface area contributed by atoms with Crippen LogP contribution in [0.3, 0.4) is 0 Å². The Hall–Kier alpha value is -2.15. The summed E-state index contributed by atoms with van der Waals surface area (Å²) in [5.41, 5.74) is 3.98. The van der Waals surface area contributed by atoms with Gasteiger partial charge in [-0.05, 0) is 33.3 Å². The van der Waals surface area contributed by atoms with Crippen LogP contribution in [-0.2, 0) is 22.5 Å². The van der Waals surface area contributed by atoms with Crippen molar-refractivity contribution in [3.63, 3.8) is 0 Å². The molecule has 0 radical (unpaired) electrons. The van der Waals surface area contributed by atoms with Crippen molar-refractivity contribution in [1.82, 2.24) is 20.3 Å². The number of nitrogens with zero attached hydrogens (tertiary/aromatic N) is 3. The van der Waals surface area contributed by atoms with Crippen LogP contribution in [0.15, 0.2) is 10.6 Å². The van der Waals surface area contributed by atoms with E-state index in [0.29, 0.717) is 19.6 Å². The number of aryl methyl sites for hydroxylation is 2. The predicted octanol–water partition coefficient (Wildman–Crippen LogP) is 1.48. The first-order chi connectivity index (χ1) is 11.4. The third-order valence-corrected chi connectivity index (χ3v) is 4.72. The lowest BCUT2D eigenvalue weighted by atomic mass is 9.98. The van der Waals surface area contributed by atoms with Crippen LogP contribution in [0.5, 0.6) is 0 Å². The Labute approximate surface area is 141 Å². The molecule has 0 spiro atoms. The van der Waals surface area contributed by atoms with Gasteiger partial charge in [-0.25, -0.2) is 0 Å². The van der Waals surface area contributed by atoms with E-state index in [1.807, 2.05) is 33.8 Å². The highest BCUT2D eigenvalue weighted by Crippen LogP contribution is 2.20. The average molecular weight is 332 g/mol. The fourth-order valence-electron chi connectivity index (χ4n) is 3.06. The summed E-state index contributed by atoms with van der Waals surface area (Å²) in [5.74, 6) is 0.981. The highest BCUT2D eigenvalue weighted by atomic mass is 16.5. The molecule has 1 aliphatic heterocycles. The van der Waals surface area contributed by atoms with Crippen molar-refractivity contribution in [2.45, 2.75) is 46.7 Å². The third kappa shape index (κ3) is 3.51. The Balaban J connectivity index is 1.59. The topological polar surface area (TPSA) is 82.2 Å². The zero-order valence-corrected chi connectivity index (χ0v) is 14.6. The SMILES string of the molecule is Cc1cc(C[C@H]2COC[C@H]2NC(=O)Cn2nc(C)c(C)c2C)on1. The molecule has 130 valence electrons. The van der Waals surface area contributed by atoms with Gasteiger partial charge in [0, 0.05) is 24.1 Å². The summed E-state index contributed by atoms with van der Waals surface area (Å²) in [7, 11) is 0. The summed E-state index contributed by atoms with van der Waals surface area (Å²) < 4.78 is 12.6. The molecule has 2 aromatic rings. The number of amides is 1. The molecule has 0 saturated carbocycles. The first-order valence-corrected chi connectivity index (χ1v) is 8.24. The Morgan fingerprint density at radius 3 is 2.75 bits per heavy atom. The molecule has 1 N–H and O–H groups in total. The summed E-state index contributed by atoms with van der Waals surface area (Å²) in [6.45, 7) is 9.22. The smallest absolute Gasteiger partial charge is 0.242 e. The molecular weight excluding hydrogens is 308 g/mol. The molecule has 24 heavy (non-hydrogen) atoms. The van der Waals surface area contributed by atoms with Gasteiger partial charge in [0.25, 0.3) is 0 Å². The summed E-state index contributed by atoms with van der Waals surface area (Å²) in [6, 6.07) is 1.91. The van der Waals surface area contributed by atoms with Gasteiger partial charge in [-0.15, -0.1) is 0 Å². The van der Waals surface area contributed by atoms with E-state index in [1.54, 1.807) is 4.68 Å². The van der Waals surface area contributed by atoms with Crippen LogP contribution in [0.2, 0.25) is 0 Å². The van der Waals surface area contributed by atoms with E-state index >= 15 is 0 Å². The van der Waals surface area contributed by atoms with Crippen LogP contribution in [-0.4, -0.2) is 40.1 Å². The number of hydrogen-bond acceptors (Lipinski definition) is 5. The largest absolute Gasteiger partial charge is 0.379 e. The van der Waals surface area contributed by atoms with Gasteiger partial charge in [0.05, 0.1) is 30.6 Å². The van der Waals surface area contributed by atoms with Crippen molar-refractivity contribution in [2.75, 3.05) is 13.2 Å². The lowest BCUT2D eigenvalue weighted by molar-refractivity contribution is -0.122. The van der Waals surface area contributed by atoms with E-state index < -0.39 is 0 Å². The minimum absolute atomic E-state index is 0.0130. The van der Waals surface area contributed by atoms with Gasteiger partial charge < -0.3 is 14.6 Å². The minimum Gasteiger partial charge on any atom is -0.379 e. The number of nitrogens with one attached hydrogen (secondary N) is 1. The fraction of sp³-hybridized carbons (Fsp3) is 0.588. The van der Waals surface area contributed by atoms with Crippen LogP contribution >= 0.6 is 0 Å². The molecule has 0 aliphatic carbocycles. The van der Waals surface area contributed by atoms with E-state index in [0.717, 1.165) is 28.4 Å². The molecule has 7 nitrogen and oxygen atoms in total. The van der Waals surface area contributed by atoms with Crippen LogP contribution in [0, 0.1) is 33.6 Å². The number of rotatable bonds is 5. The van der Waals surface area contributed by atoms with E-state index in [-0.39, 0.29) is 24.4 Å². The molecular formula is C17H24N4O3. The van der Waals surface area contributed by atoms with Crippen molar-refractivity contribution in [3.05, 3.63) is 34.5 Å². The first-order valence-electron chi connectivity index (χ1n) is 8.24. The average Bonchev–Trinajstić information content (AvgIpc) is 3.19. The Morgan fingerprint density at radius 2 is 2.12 bits per heavy atom. The van der Waals surface area contributed by atoms with Gasteiger partial charge in [0.1, 0.15) is 12.3 Å². The molecule has 7 heteroatoms. The number of aromatic nitrogens is 3. The van der Waals surface area contributed by atoms with Gasteiger partial charge >= 0.3 is 0 Å². The van der Waals surface area contributed by atoms with Gasteiger partial charge in [-0.3, -0.25) is 9.48 Å². The summed E-state index contributed by atoms with van der Waals surface area (Å²) in [6.07, 6.45) is 0.713. The number of ether oxygens (including phenoxy) is 1. The normalized spacial score (nSPS) is 20.5. The maximum Gasteiger partial charge on any atom is 0.242 e. The van der Waals surface area contributed by atoms with Crippen molar-refractivity contribution in [1.29, 1.82) is 0 Å². The maximum atomic E-state index is 12.4. The second kappa shape index (κ2) is 6.76. The van der Waals surface area contributed by atoms with Crippen molar-refractivity contribution in [2.24, 2.45) is 5.92 Å². The fourth-order valence-corrected chi connectivity index (χ4v) is 3.06. The van der Waals surface area contributed by atoms with Gasteiger partial charge in [0.15, 0.2) is 0 Å². The summed E-state index contributed by atoms with van der Waals surface area (Å²) >= 11 is 0. The minimum atomic E-state index is -0.0464. The van der Waals surface area contributed by atoms with Gasteiger partial charge in [-0.1, -0.05) is 5.16 Å². The molecule has 1 fully saturated rings. The van der Waals surface area contributed by atoms with Crippen molar-refractivity contribution < 1.29 is 14.1 Å². The predicted molar refractivity (Wildman–Crippen MR) is 87.6 cm³/mol.